The van der Waals surface area contributed by atoms with Crippen molar-refractivity contribution in [2.24, 2.45) is 10.9 Å². The summed E-state index contributed by atoms with van der Waals surface area (Å²) in [6.07, 6.45) is 4.22. The molecule has 138 valence electrons. The van der Waals surface area contributed by atoms with Crippen LogP contribution in [0.1, 0.15) is 46.5 Å². The molecule has 2 saturated heterocycles. The van der Waals surface area contributed by atoms with Crippen LogP contribution in [0.5, 0.6) is 0 Å². The summed E-state index contributed by atoms with van der Waals surface area (Å²) in [6, 6.07) is 0.851. The van der Waals surface area contributed by atoms with Gasteiger partial charge in [0.05, 0.1) is 0 Å². The lowest BCUT2D eigenvalue weighted by Crippen LogP contribution is -2.51. The van der Waals surface area contributed by atoms with Crippen molar-refractivity contribution in [2.75, 3.05) is 39.8 Å². The first kappa shape index (κ1) is 19.0. The van der Waals surface area contributed by atoms with Crippen molar-refractivity contribution in [1.82, 2.24) is 20.4 Å². The van der Waals surface area contributed by atoms with Crippen LogP contribution in [0.3, 0.4) is 0 Å². The number of rotatable bonds is 6. The van der Waals surface area contributed by atoms with Crippen LogP contribution >= 0.6 is 0 Å². The first-order valence-corrected chi connectivity index (χ1v) is 9.54. The van der Waals surface area contributed by atoms with Gasteiger partial charge in [0.25, 0.3) is 0 Å². The predicted octanol–water partition coefficient (Wildman–Crippen LogP) is 1.28. The molecule has 1 amide bonds. The number of likely N-dealkylation sites (tertiary alicyclic amines) is 2. The summed E-state index contributed by atoms with van der Waals surface area (Å²) in [5, 5.41) is 6.99. The molecule has 24 heavy (non-hydrogen) atoms. The number of amides is 1. The molecular weight excluding hydrogens is 302 g/mol. The van der Waals surface area contributed by atoms with Crippen molar-refractivity contribution in [3.05, 3.63) is 0 Å². The molecule has 2 N–H and O–H groups in total. The third-order valence-electron chi connectivity index (χ3n) is 5.27. The second-order valence-corrected chi connectivity index (χ2v) is 7.33. The van der Waals surface area contributed by atoms with Crippen molar-refractivity contribution in [1.29, 1.82) is 0 Å². The maximum atomic E-state index is 11.8. The van der Waals surface area contributed by atoms with E-state index in [-0.39, 0.29) is 5.91 Å². The average Bonchev–Trinajstić information content (AvgIpc) is 3.24. The Morgan fingerprint density at radius 1 is 1.25 bits per heavy atom. The Hall–Kier alpha value is -1.30. The van der Waals surface area contributed by atoms with Gasteiger partial charge in [0, 0.05) is 45.2 Å². The Labute approximate surface area is 147 Å². The van der Waals surface area contributed by atoms with Gasteiger partial charge in [-0.2, -0.15) is 0 Å². The van der Waals surface area contributed by atoms with Gasteiger partial charge >= 0.3 is 0 Å². The van der Waals surface area contributed by atoms with E-state index in [4.69, 9.17) is 0 Å². The lowest BCUT2D eigenvalue weighted by molar-refractivity contribution is -0.129. The number of nitrogens with one attached hydrogen (secondary N) is 2. The van der Waals surface area contributed by atoms with Gasteiger partial charge in [0.15, 0.2) is 5.96 Å². The van der Waals surface area contributed by atoms with Crippen LogP contribution in [0.4, 0.5) is 0 Å². The molecular formula is C18H35N5O. The maximum Gasteiger partial charge on any atom is 0.222 e. The van der Waals surface area contributed by atoms with E-state index in [0.29, 0.717) is 24.4 Å². The third kappa shape index (κ3) is 5.10. The number of carbonyl (C=O) groups is 1. The molecule has 0 radical (unpaired) electrons. The molecule has 2 aliphatic rings. The zero-order chi connectivity index (χ0) is 17.5. The number of aliphatic imine (C=N–C) groups is 1. The molecule has 0 bridgehead atoms. The summed E-state index contributed by atoms with van der Waals surface area (Å²) in [6.45, 7) is 11.5. The largest absolute Gasteiger partial charge is 0.355 e. The zero-order valence-corrected chi connectivity index (χ0v) is 15.8. The lowest BCUT2D eigenvalue weighted by Gasteiger charge is -2.31. The minimum atomic E-state index is 0.246. The molecule has 6 heteroatoms. The van der Waals surface area contributed by atoms with Crippen LogP contribution < -0.4 is 10.6 Å². The van der Waals surface area contributed by atoms with Gasteiger partial charge in [0.2, 0.25) is 5.91 Å². The fourth-order valence-electron chi connectivity index (χ4n) is 3.78. The SMILES string of the molecule is CCC(=O)N1CCC(NC(=NC)NCC(C(C)C)N2CCCC2)C1. The van der Waals surface area contributed by atoms with Crippen molar-refractivity contribution >= 4 is 11.9 Å². The summed E-state index contributed by atoms with van der Waals surface area (Å²) < 4.78 is 0. The molecule has 0 aromatic rings. The van der Waals surface area contributed by atoms with E-state index in [1.165, 1.54) is 25.9 Å². The summed E-state index contributed by atoms with van der Waals surface area (Å²) >= 11 is 0. The van der Waals surface area contributed by atoms with E-state index in [2.05, 4.69) is 34.4 Å². The molecule has 2 atom stereocenters. The Bertz CT molecular complexity index is 431. The summed E-state index contributed by atoms with van der Waals surface area (Å²) in [5.41, 5.74) is 0. The molecule has 0 spiro atoms. The zero-order valence-electron chi connectivity index (χ0n) is 15.8. The molecule has 2 fully saturated rings. The first-order chi connectivity index (χ1) is 11.5. The van der Waals surface area contributed by atoms with Crippen LogP contribution in [0.25, 0.3) is 0 Å². The molecule has 0 aromatic carbocycles. The highest BCUT2D eigenvalue weighted by Gasteiger charge is 2.27. The molecule has 2 rings (SSSR count). The monoisotopic (exact) mass is 337 g/mol. The molecule has 0 aromatic heterocycles. The number of nitrogens with zero attached hydrogens (tertiary/aromatic N) is 3. The van der Waals surface area contributed by atoms with Crippen LogP contribution in [0.15, 0.2) is 4.99 Å². The van der Waals surface area contributed by atoms with Crippen LogP contribution in [0.2, 0.25) is 0 Å². The number of hydrogen-bond acceptors (Lipinski definition) is 3. The van der Waals surface area contributed by atoms with Crippen LogP contribution in [0, 0.1) is 5.92 Å². The Balaban J connectivity index is 1.80. The van der Waals surface area contributed by atoms with Crippen LogP contribution in [-0.2, 0) is 4.79 Å². The second kappa shape index (κ2) is 9.25. The number of guanidine groups is 1. The van der Waals surface area contributed by atoms with Gasteiger partial charge < -0.3 is 15.5 Å². The van der Waals surface area contributed by atoms with E-state index in [1.807, 2.05) is 18.9 Å². The van der Waals surface area contributed by atoms with Crippen molar-refractivity contribution in [3.8, 4) is 0 Å². The molecule has 0 aliphatic carbocycles. The summed E-state index contributed by atoms with van der Waals surface area (Å²) in [5.74, 6) is 1.73. The smallest absolute Gasteiger partial charge is 0.222 e. The molecule has 2 aliphatic heterocycles. The molecule has 2 unspecified atom stereocenters. The molecule has 2 heterocycles. The highest BCUT2D eigenvalue weighted by molar-refractivity contribution is 5.80. The van der Waals surface area contributed by atoms with E-state index >= 15 is 0 Å². The van der Waals surface area contributed by atoms with Gasteiger partial charge in [-0.1, -0.05) is 20.8 Å². The van der Waals surface area contributed by atoms with E-state index in [0.717, 1.165) is 32.0 Å². The van der Waals surface area contributed by atoms with Crippen molar-refractivity contribution in [3.63, 3.8) is 0 Å². The minimum absolute atomic E-state index is 0.246. The van der Waals surface area contributed by atoms with Gasteiger partial charge in [-0.25, -0.2) is 0 Å². The number of carbonyl (C=O) groups excluding carboxylic acids is 1. The van der Waals surface area contributed by atoms with Gasteiger partial charge in [-0.15, -0.1) is 0 Å². The van der Waals surface area contributed by atoms with E-state index in [9.17, 15) is 4.79 Å². The highest BCUT2D eigenvalue weighted by atomic mass is 16.2. The quantitative estimate of drug-likeness (QED) is 0.566. The Kier molecular flexibility index (Phi) is 7.34. The normalized spacial score (nSPS) is 23.8. The fourth-order valence-corrected chi connectivity index (χ4v) is 3.78. The highest BCUT2D eigenvalue weighted by Crippen LogP contribution is 2.17. The fraction of sp³-hybridized carbons (Fsp3) is 0.889. The Morgan fingerprint density at radius 2 is 1.96 bits per heavy atom. The summed E-state index contributed by atoms with van der Waals surface area (Å²) in [7, 11) is 1.82. The van der Waals surface area contributed by atoms with Gasteiger partial charge in [-0.05, 0) is 38.3 Å². The molecule has 0 saturated carbocycles. The van der Waals surface area contributed by atoms with Crippen LogP contribution in [-0.4, -0.2) is 73.5 Å². The van der Waals surface area contributed by atoms with Gasteiger partial charge in [0.1, 0.15) is 0 Å². The topological polar surface area (TPSA) is 60.0 Å². The molecule has 6 nitrogen and oxygen atoms in total. The first-order valence-electron chi connectivity index (χ1n) is 9.54. The predicted molar refractivity (Wildman–Crippen MR) is 99.2 cm³/mol. The summed E-state index contributed by atoms with van der Waals surface area (Å²) in [4.78, 5) is 20.7. The van der Waals surface area contributed by atoms with Gasteiger partial charge in [-0.3, -0.25) is 14.7 Å². The average molecular weight is 338 g/mol. The maximum absolute atomic E-state index is 11.8. The van der Waals surface area contributed by atoms with Crippen molar-refractivity contribution in [2.45, 2.75) is 58.5 Å². The lowest BCUT2D eigenvalue weighted by atomic mass is 10.0. The van der Waals surface area contributed by atoms with Crippen molar-refractivity contribution < 1.29 is 4.79 Å². The third-order valence-corrected chi connectivity index (χ3v) is 5.27. The standard InChI is InChI=1S/C18H35N5O/c1-5-17(24)23-11-8-15(13-23)21-18(19-4)20-12-16(14(2)3)22-9-6-7-10-22/h14-16H,5-13H2,1-4H3,(H2,19,20,21). The second-order valence-electron chi connectivity index (χ2n) is 7.33. The Morgan fingerprint density at radius 3 is 2.54 bits per heavy atom. The minimum Gasteiger partial charge on any atom is -0.355 e. The van der Waals surface area contributed by atoms with E-state index in [1.54, 1.807) is 0 Å². The van der Waals surface area contributed by atoms with E-state index < -0.39 is 0 Å². The number of hydrogen-bond donors (Lipinski definition) is 2.